The molecule has 1 aliphatic carbocycles. The molecule has 0 bridgehead atoms. The van der Waals surface area contributed by atoms with Gasteiger partial charge in [-0.25, -0.2) is 23.7 Å². The number of ketones is 1. The molecule has 6 rings (SSSR count). The summed E-state index contributed by atoms with van der Waals surface area (Å²) in [6.07, 6.45) is 2.09. The van der Waals surface area contributed by atoms with E-state index in [2.05, 4.69) is 53.1 Å². The molecule has 0 radical (unpaired) electrons. The summed E-state index contributed by atoms with van der Waals surface area (Å²) >= 11 is 3.36. The lowest BCUT2D eigenvalue weighted by Crippen LogP contribution is -2.51. The highest BCUT2D eigenvalue weighted by molar-refractivity contribution is 9.10. The number of carbonyl (C=O) groups is 3. The largest absolute Gasteiger partial charge is 0.309 e. The molecule has 4 aromatic rings. The maximum Gasteiger partial charge on any atom is 0.242 e. The number of hydrogen-bond acceptors (Lipinski definition) is 9. The third-order valence-electron chi connectivity index (χ3n) is 9.10. The summed E-state index contributed by atoms with van der Waals surface area (Å²) in [6, 6.07) is 4.56. The van der Waals surface area contributed by atoms with Gasteiger partial charge in [-0.3, -0.25) is 19.2 Å². The predicted octanol–water partition coefficient (Wildman–Crippen LogP) is 4.84. The molecule has 1 N–H and O–H groups in total. The Bertz CT molecular complexity index is 2020. The van der Waals surface area contributed by atoms with E-state index in [0.29, 0.717) is 46.6 Å². The first kappa shape index (κ1) is 34.4. The van der Waals surface area contributed by atoms with Crippen molar-refractivity contribution in [1.29, 1.82) is 0 Å². The first-order valence-electron chi connectivity index (χ1n) is 15.7. The number of anilines is 1. The second kappa shape index (κ2) is 13.5. The molecule has 1 aliphatic heterocycles. The molecule has 2 aliphatic rings. The molecule has 49 heavy (non-hydrogen) atoms. The zero-order valence-corrected chi connectivity index (χ0v) is 29.3. The van der Waals surface area contributed by atoms with E-state index in [-0.39, 0.29) is 40.7 Å². The average Bonchev–Trinajstić information content (AvgIpc) is 3.54. The van der Waals surface area contributed by atoms with Crippen LogP contribution in [0.15, 0.2) is 41.3 Å². The first-order valence-corrected chi connectivity index (χ1v) is 16.5. The van der Waals surface area contributed by atoms with Gasteiger partial charge in [0.2, 0.25) is 5.91 Å². The van der Waals surface area contributed by atoms with Gasteiger partial charge >= 0.3 is 0 Å². The van der Waals surface area contributed by atoms with E-state index in [1.165, 1.54) is 17.7 Å². The molecule has 11 nitrogen and oxygen atoms in total. The number of likely N-dealkylation sites (tertiary alicyclic amines) is 1. The fourth-order valence-electron chi connectivity index (χ4n) is 6.84. The van der Waals surface area contributed by atoms with Crippen LogP contribution in [0.1, 0.15) is 53.0 Å². The molecular weight excluding hydrogens is 698 g/mol. The van der Waals surface area contributed by atoms with Gasteiger partial charge in [-0.15, -0.1) is 0 Å². The summed E-state index contributed by atoms with van der Waals surface area (Å²) in [5.41, 5.74) is 1.29. The number of Topliss-reactive ketones (excluding diaryl/α,β-unsaturated/α-hetero) is 1. The number of rotatable bonds is 12. The Hall–Kier alpha value is -4.45. The van der Waals surface area contributed by atoms with Crippen molar-refractivity contribution < 1.29 is 23.2 Å². The minimum absolute atomic E-state index is 0.00125. The molecule has 2 unspecified atom stereocenters. The molecule has 0 spiro atoms. The number of carbonyl (C=O) groups excluding carboxylic acids is 3. The second-order valence-corrected chi connectivity index (χ2v) is 13.7. The van der Waals surface area contributed by atoms with E-state index in [0.717, 1.165) is 5.56 Å². The summed E-state index contributed by atoms with van der Waals surface area (Å²) in [5.74, 6) is 6.69. The smallest absolute Gasteiger partial charge is 0.242 e. The lowest BCUT2D eigenvalue weighted by molar-refractivity contribution is -0.121. The lowest BCUT2D eigenvalue weighted by Gasteiger charge is -2.39. The van der Waals surface area contributed by atoms with Gasteiger partial charge in [0.1, 0.15) is 40.9 Å². The van der Waals surface area contributed by atoms with Gasteiger partial charge in [-0.2, -0.15) is 5.10 Å². The molecule has 1 saturated heterocycles. The molecule has 0 saturated carbocycles. The van der Waals surface area contributed by atoms with E-state index in [1.54, 1.807) is 31.5 Å². The van der Waals surface area contributed by atoms with Crippen molar-refractivity contribution >= 4 is 50.6 Å². The molecule has 1 aromatic carbocycles. The summed E-state index contributed by atoms with van der Waals surface area (Å²) < 4.78 is 31.5. The van der Waals surface area contributed by atoms with Crippen LogP contribution < -0.4 is 5.32 Å². The maximum absolute atomic E-state index is 15.5. The zero-order chi connectivity index (χ0) is 35.2. The molecule has 4 heterocycles. The van der Waals surface area contributed by atoms with Crippen molar-refractivity contribution in [2.24, 2.45) is 5.41 Å². The highest BCUT2D eigenvalue weighted by atomic mass is 79.9. The maximum atomic E-state index is 15.5. The minimum atomic E-state index is -2.08. The summed E-state index contributed by atoms with van der Waals surface area (Å²) in [4.78, 5) is 56.7. The standard InChI is InChI=1S/C35H35BrF2N8O3/c1-19-6-7-30(36)41-33(19)42-34(49)28-12-35(18-44(4)5)9-8-29(35)45(28)16-24(17-47)46-32-25(27(38)13-37)10-22(23-14-39-21(3)40-15-23)11-26(32)31(43-46)20(2)48/h6-7,10-11,14-15,17,24,27-29H,12-13,16,18H2,1-5H3,(H,41,42,49)/t24?,27?,28-,29+,35+/m0/s1. The summed E-state index contributed by atoms with van der Waals surface area (Å²) in [6.45, 7) is 4.10. The quantitative estimate of drug-likeness (QED) is 0.0943. The summed E-state index contributed by atoms with van der Waals surface area (Å²) in [7, 11) is 3.87. The van der Waals surface area contributed by atoms with Gasteiger partial charge in [-0.05, 0) is 79.6 Å². The van der Waals surface area contributed by atoms with Crippen LogP contribution in [0.3, 0.4) is 0 Å². The number of hydrogen-bond donors (Lipinski definition) is 1. The van der Waals surface area contributed by atoms with E-state index >= 15 is 4.39 Å². The Kier molecular flexibility index (Phi) is 9.45. The normalized spacial score (nSPS) is 21.1. The fourth-order valence-corrected chi connectivity index (χ4v) is 7.15. The molecule has 14 heteroatoms. The van der Waals surface area contributed by atoms with Gasteiger partial charge < -0.3 is 15.0 Å². The Morgan fingerprint density at radius 2 is 1.94 bits per heavy atom. The van der Waals surface area contributed by atoms with E-state index in [4.69, 9.17) is 0 Å². The Morgan fingerprint density at radius 3 is 2.55 bits per heavy atom. The van der Waals surface area contributed by atoms with Crippen molar-refractivity contribution in [2.75, 3.05) is 39.2 Å². The van der Waals surface area contributed by atoms with Crippen LogP contribution in [0.4, 0.5) is 14.6 Å². The molecule has 3 aromatic heterocycles. The topological polar surface area (TPSA) is 126 Å². The summed E-state index contributed by atoms with van der Waals surface area (Å²) in [5, 5.41) is 7.76. The van der Waals surface area contributed by atoms with Crippen LogP contribution in [0.25, 0.3) is 22.0 Å². The number of aldehydes is 1. The number of nitrogens with zero attached hydrogens (tertiary/aromatic N) is 7. The van der Waals surface area contributed by atoms with Crippen molar-refractivity contribution in [1.82, 2.24) is 34.5 Å². The molecule has 5 atom stereocenters. The molecule has 1 amide bonds. The predicted molar refractivity (Wildman–Crippen MR) is 183 cm³/mol. The minimum Gasteiger partial charge on any atom is -0.309 e. The molecule has 1 fully saturated rings. The van der Waals surface area contributed by atoms with E-state index in [9.17, 15) is 18.8 Å². The van der Waals surface area contributed by atoms with Gasteiger partial charge in [-0.1, -0.05) is 17.9 Å². The number of nitrogens with one attached hydrogen (secondary N) is 1. The van der Waals surface area contributed by atoms with Crippen LogP contribution in [0.2, 0.25) is 0 Å². The highest BCUT2D eigenvalue weighted by Gasteiger charge is 2.57. The highest BCUT2D eigenvalue weighted by Crippen LogP contribution is 2.46. The fraction of sp³-hybridized carbons (Fsp3) is 0.400. The molecular formula is C35H35BrF2N8O3. The first-order chi connectivity index (χ1) is 23.3. The monoisotopic (exact) mass is 732 g/mol. The Labute approximate surface area is 290 Å². The third-order valence-corrected chi connectivity index (χ3v) is 9.54. The second-order valence-electron chi connectivity index (χ2n) is 12.9. The van der Waals surface area contributed by atoms with Gasteiger partial charge in [0.05, 0.1) is 23.0 Å². The van der Waals surface area contributed by atoms with Crippen LogP contribution >= 0.6 is 15.9 Å². The molecule has 254 valence electrons. The number of fused-ring (bicyclic) bond motifs is 2. The van der Waals surface area contributed by atoms with Crippen molar-refractivity contribution in [3.8, 4) is 23.0 Å². The third kappa shape index (κ3) is 6.38. The van der Waals surface area contributed by atoms with Gasteiger partial charge in [0.15, 0.2) is 12.0 Å². The number of aromatic nitrogens is 5. The van der Waals surface area contributed by atoms with Crippen LogP contribution in [-0.2, 0) is 9.59 Å². The van der Waals surface area contributed by atoms with E-state index < -0.39 is 36.1 Å². The SMILES string of the molecule is CC(=O)c1nn(C(C=O)CN2[C@H](C(=O)Nc3nc(Br)ccc3C)C[C@@]3(CN(C)C)C#C[C@@H]23)c2c(C(F)CF)cc(-c3cnc(C)nc3)cc12. The average molecular weight is 734 g/mol. The van der Waals surface area contributed by atoms with Crippen molar-refractivity contribution in [2.45, 2.75) is 51.5 Å². The van der Waals surface area contributed by atoms with Crippen LogP contribution in [0, 0.1) is 31.1 Å². The Morgan fingerprint density at radius 1 is 1.20 bits per heavy atom. The van der Waals surface area contributed by atoms with Gasteiger partial charge in [0, 0.05) is 48.9 Å². The number of halogens is 3. The lowest BCUT2D eigenvalue weighted by atomic mass is 9.73. The van der Waals surface area contributed by atoms with Crippen LogP contribution in [0.5, 0.6) is 0 Å². The number of aryl methyl sites for hydroxylation is 2. The zero-order valence-electron chi connectivity index (χ0n) is 27.7. The number of pyridine rings is 1. The van der Waals surface area contributed by atoms with Crippen molar-refractivity contribution in [3.63, 3.8) is 0 Å². The van der Waals surface area contributed by atoms with Crippen molar-refractivity contribution in [3.05, 3.63) is 63.9 Å². The van der Waals surface area contributed by atoms with Crippen LogP contribution in [-0.4, -0.2) is 98.5 Å². The number of alkyl halides is 2. The number of amides is 1. The van der Waals surface area contributed by atoms with E-state index in [1.807, 2.05) is 36.9 Å². The Balaban J connectivity index is 1.44. The van der Waals surface area contributed by atoms with Gasteiger partial charge in [0.25, 0.3) is 0 Å². The number of benzene rings is 1.